The molecule has 5 nitrogen and oxygen atoms in total. The smallest absolute Gasteiger partial charge is 0.407 e. The molecule has 1 amide bonds. The molecule has 1 aliphatic heterocycles. The molecule has 2 rings (SSSR count). The summed E-state index contributed by atoms with van der Waals surface area (Å²) in [7, 11) is 1.73. The first-order chi connectivity index (χ1) is 11.3. The van der Waals surface area contributed by atoms with E-state index >= 15 is 0 Å². The van der Waals surface area contributed by atoms with Crippen molar-refractivity contribution >= 4 is 11.8 Å². The van der Waals surface area contributed by atoms with Gasteiger partial charge in [0, 0.05) is 19.3 Å². The van der Waals surface area contributed by atoms with Gasteiger partial charge in [0.2, 0.25) is 0 Å². The number of ether oxygens (including phenoxy) is 2. The molecular weight excluding hydrogens is 304 g/mol. The third-order valence-electron chi connectivity index (χ3n) is 4.44. The largest absolute Gasteiger partial charge is 0.444 e. The van der Waals surface area contributed by atoms with Crippen LogP contribution in [-0.4, -0.2) is 38.0 Å². The normalized spacial score (nSPS) is 23.1. The number of fused-ring (bicyclic) bond motifs is 1. The molecule has 2 N–H and O–H groups in total. The SMILES string of the molecule is COC[C@@H]1Nc2ccccc2[C@H](C)[C@@H]1CCNC(=O)OC(C)(C)C. The van der Waals surface area contributed by atoms with Crippen LogP contribution in [0.4, 0.5) is 10.5 Å². The molecular formula is C19H30N2O3. The maximum atomic E-state index is 11.8. The van der Waals surface area contributed by atoms with Crippen LogP contribution in [0.1, 0.15) is 45.6 Å². The van der Waals surface area contributed by atoms with E-state index in [1.54, 1.807) is 7.11 Å². The Balaban J connectivity index is 1.98. The Morgan fingerprint density at radius 2 is 2.00 bits per heavy atom. The molecule has 1 heterocycles. The number of amides is 1. The number of hydrogen-bond acceptors (Lipinski definition) is 4. The van der Waals surface area contributed by atoms with Gasteiger partial charge in [-0.3, -0.25) is 0 Å². The van der Waals surface area contributed by atoms with Gasteiger partial charge in [0.15, 0.2) is 0 Å². The molecule has 1 aromatic rings. The first-order valence-electron chi connectivity index (χ1n) is 8.63. The summed E-state index contributed by atoms with van der Waals surface area (Å²) in [5, 5.41) is 6.45. The van der Waals surface area contributed by atoms with Gasteiger partial charge in [-0.15, -0.1) is 0 Å². The average molecular weight is 334 g/mol. The Labute approximate surface area is 145 Å². The van der Waals surface area contributed by atoms with E-state index in [-0.39, 0.29) is 12.1 Å². The van der Waals surface area contributed by atoms with Crippen molar-refractivity contribution in [2.24, 2.45) is 5.92 Å². The van der Waals surface area contributed by atoms with E-state index in [0.717, 1.165) is 6.42 Å². The van der Waals surface area contributed by atoms with Gasteiger partial charge in [0.05, 0.1) is 12.6 Å². The van der Waals surface area contributed by atoms with Crippen LogP contribution >= 0.6 is 0 Å². The third kappa shape index (κ3) is 4.87. The van der Waals surface area contributed by atoms with Gasteiger partial charge in [-0.25, -0.2) is 4.79 Å². The van der Waals surface area contributed by atoms with Crippen LogP contribution in [0.25, 0.3) is 0 Å². The van der Waals surface area contributed by atoms with Gasteiger partial charge < -0.3 is 20.1 Å². The molecule has 3 atom stereocenters. The minimum Gasteiger partial charge on any atom is -0.444 e. The van der Waals surface area contributed by atoms with Crippen LogP contribution < -0.4 is 10.6 Å². The lowest BCUT2D eigenvalue weighted by Crippen LogP contribution is -2.42. The zero-order chi connectivity index (χ0) is 17.7. The number of para-hydroxylation sites is 1. The molecule has 0 aliphatic carbocycles. The first-order valence-corrected chi connectivity index (χ1v) is 8.63. The van der Waals surface area contributed by atoms with E-state index in [1.165, 1.54) is 11.3 Å². The molecule has 0 radical (unpaired) electrons. The number of alkyl carbamates (subject to hydrolysis) is 1. The summed E-state index contributed by atoms with van der Waals surface area (Å²) in [6.07, 6.45) is 0.512. The van der Waals surface area contributed by atoms with Crippen molar-refractivity contribution in [3.8, 4) is 0 Å². The molecule has 0 unspecified atom stereocenters. The Kier molecular flexibility index (Phi) is 6.10. The average Bonchev–Trinajstić information content (AvgIpc) is 2.49. The van der Waals surface area contributed by atoms with Gasteiger partial charge in [0.25, 0.3) is 0 Å². The van der Waals surface area contributed by atoms with Gasteiger partial charge in [0.1, 0.15) is 5.60 Å². The second kappa shape index (κ2) is 7.88. The quantitative estimate of drug-likeness (QED) is 0.861. The molecule has 134 valence electrons. The van der Waals surface area contributed by atoms with E-state index in [9.17, 15) is 4.79 Å². The standard InChI is InChI=1S/C19H30N2O3/c1-13-14-8-6-7-9-16(14)21-17(12-23-5)15(13)10-11-20-18(22)24-19(2,3)4/h6-9,13,15,17,21H,10-12H2,1-5H3,(H,20,22)/t13-,15-,17-/m0/s1. The van der Waals surface area contributed by atoms with E-state index in [0.29, 0.717) is 25.0 Å². The van der Waals surface area contributed by atoms with Crippen LogP contribution in [0, 0.1) is 5.92 Å². The number of carbonyl (C=O) groups is 1. The zero-order valence-electron chi connectivity index (χ0n) is 15.4. The number of nitrogens with one attached hydrogen (secondary N) is 2. The van der Waals surface area contributed by atoms with Crippen molar-refractivity contribution in [1.82, 2.24) is 5.32 Å². The summed E-state index contributed by atoms with van der Waals surface area (Å²) in [4.78, 5) is 11.8. The highest BCUT2D eigenvalue weighted by Crippen LogP contribution is 2.39. The van der Waals surface area contributed by atoms with Crippen LogP contribution in [0.3, 0.4) is 0 Å². The molecule has 0 saturated carbocycles. The van der Waals surface area contributed by atoms with E-state index < -0.39 is 5.60 Å². The Bertz CT molecular complexity index is 554. The lowest BCUT2D eigenvalue weighted by atomic mass is 9.77. The minimum atomic E-state index is -0.471. The first kappa shape index (κ1) is 18.6. The number of benzene rings is 1. The van der Waals surface area contributed by atoms with Crippen LogP contribution in [0.5, 0.6) is 0 Å². The maximum absolute atomic E-state index is 11.8. The van der Waals surface area contributed by atoms with Crippen LogP contribution in [-0.2, 0) is 9.47 Å². The topological polar surface area (TPSA) is 59.6 Å². The summed E-state index contributed by atoms with van der Waals surface area (Å²) in [5.74, 6) is 0.790. The van der Waals surface area contributed by atoms with Crippen molar-refractivity contribution < 1.29 is 14.3 Å². The Morgan fingerprint density at radius 1 is 1.29 bits per heavy atom. The summed E-state index contributed by atoms with van der Waals surface area (Å²) in [6, 6.07) is 8.64. The highest BCUT2D eigenvalue weighted by molar-refractivity contribution is 5.67. The molecule has 0 saturated heterocycles. The number of carbonyl (C=O) groups excluding carboxylic acids is 1. The molecule has 0 aromatic heterocycles. The fourth-order valence-electron chi connectivity index (χ4n) is 3.36. The Morgan fingerprint density at radius 3 is 2.67 bits per heavy atom. The van der Waals surface area contributed by atoms with Crippen molar-refractivity contribution in [2.75, 3.05) is 25.6 Å². The van der Waals surface area contributed by atoms with Crippen molar-refractivity contribution in [3.05, 3.63) is 29.8 Å². The fourth-order valence-corrected chi connectivity index (χ4v) is 3.36. The van der Waals surface area contributed by atoms with Crippen LogP contribution in [0.2, 0.25) is 0 Å². The number of methoxy groups -OCH3 is 1. The number of hydrogen-bond donors (Lipinski definition) is 2. The Hall–Kier alpha value is -1.75. The molecule has 5 heteroatoms. The molecule has 0 bridgehead atoms. The highest BCUT2D eigenvalue weighted by atomic mass is 16.6. The summed E-state index contributed by atoms with van der Waals surface area (Å²) in [5.41, 5.74) is 2.04. The predicted octanol–water partition coefficient (Wildman–Crippen LogP) is 3.76. The summed E-state index contributed by atoms with van der Waals surface area (Å²) >= 11 is 0. The number of anilines is 1. The molecule has 0 spiro atoms. The minimum absolute atomic E-state index is 0.236. The summed E-state index contributed by atoms with van der Waals surface area (Å²) < 4.78 is 10.7. The van der Waals surface area contributed by atoms with Crippen molar-refractivity contribution in [1.29, 1.82) is 0 Å². The van der Waals surface area contributed by atoms with Gasteiger partial charge in [-0.1, -0.05) is 25.1 Å². The van der Waals surface area contributed by atoms with E-state index in [4.69, 9.17) is 9.47 Å². The van der Waals surface area contributed by atoms with Crippen molar-refractivity contribution in [3.63, 3.8) is 0 Å². The van der Waals surface area contributed by atoms with Gasteiger partial charge in [-0.2, -0.15) is 0 Å². The predicted molar refractivity (Wildman–Crippen MR) is 96.5 cm³/mol. The monoisotopic (exact) mass is 334 g/mol. The number of rotatable bonds is 5. The van der Waals surface area contributed by atoms with Crippen molar-refractivity contribution in [2.45, 2.75) is 51.7 Å². The van der Waals surface area contributed by atoms with Gasteiger partial charge >= 0.3 is 6.09 Å². The fraction of sp³-hybridized carbons (Fsp3) is 0.632. The van der Waals surface area contributed by atoms with E-state index in [1.807, 2.05) is 26.8 Å². The van der Waals surface area contributed by atoms with Gasteiger partial charge in [-0.05, 0) is 50.7 Å². The maximum Gasteiger partial charge on any atom is 0.407 e. The summed E-state index contributed by atoms with van der Waals surface area (Å²) in [6.45, 7) is 9.09. The van der Waals surface area contributed by atoms with E-state index in [2.05, 4.69) is 35.8 Å². The molecule has 24 heavy (non-hydrogen) atoms. The highest BCUT2D eigenvalue weighted by Gasteiger charge is 2.33. The molecule has 1 aliphatic rings. The zero-order valence-corrected chi connectivity index (χ0v) is 15.4. The second-order valence-corrected chi connectivity index (χ2v) is 7.46. The lowest BCUT2D eigenvalue weighted by Gasteiger charge is -2.39. The lowest BCUT2D eigenvalue weighted by molar-refractivity contribution is 0.0522. The second-order valence-electron chi connectivity index (χ2n) is 7.46. The molecule has 0 fully saturated rings. The van der Waals surface area contributed by atoms with Crippen LogP contribution in [0.15, 0.2) is 24.3 Å². The molecule has 1 aromatic carbocycles. The third-order valence-corrected chi connectivity index (χ3v) is 4.44.